The van der Waals surface area contributed by atoms with Crippen LogP contribution in [0.4, 0.5) is 0 Å². The van der Waals surface area contributed by atoms with Crippen molar-refractivity contribution in [2.75, 3.05) is 12.8 Å². The van der Waals surface area contributed by atoms with Gasteiger partial charge in [0.2, 0.25) is 0 Å². The summed E-state index contributed by atoms with van der Waals surface area (Å²) in [6, 6.07) is 43.4. The van der Waals surface area contributed by atoms with Gasteiger partial charge in [-0.05, 0) is 0 Å². The van der Waals surface area contributed by atoms with Gasteiger partial charge in [-0.1, -0.05) is 0 Å². The van der Waals surface area contributed by atoms with Crippen LogP contribution in [0, 0.1) is 0 Å². The first-order valence-electron chi connectivity index (χ1n) is 11.2. The van der Waals surface area contributed by atoms with Gasteiger partial charge in [0.25, 0.3) is 0 Å². The third-order valence-corrected chi connectivity index (χ3v) is 16.1. The molecule has 164 valence electrons. The van der Waals surface area contributed by atoms with Crippen LogP contribution in [0.15, 0.2) is 121 Å². The van der Waals surface area contributed by atoms with E-state index in [-0.39, 0.29) is 0 Å². The first-order valence-corrected chi connectivity index (χ1v) is 15.7. The first kappa shape index (κ1) is 22.9. The van der Waals surface area contributed by atoms with Gasteiger partial charge in [0.15, 0.2) is 0 Å². The average Bonchev–Trinajstić information content (AvgIpc) is 2.88. The summed E-state index contributed by atoms with van der Waals surface area (Å²) in [5, 5.41) is 1.32. The minimum atomic E-state index is -2.80. The van der Waals surface area contributed by atoms with Gasteiger partial charge in [-0.15, -0.1) is 0 Å². The molecule has 0 saturated carbocycles. The van der Waals surface area contributed by atoms with Gasteiger partial charge in [0.05, 0.1) is 0 Å². The molecule has 0 saturated heterocycles. The van der Waals surface area contributed by atoms with Crippen LogP contribution < -0.4 is 15.9 Å². The fourth-order valence-electron chi connectivity index (χ4n) is 4.43. The molecule has 0 amide bonds. The Hall–Kier alpha value is -2.25. The fraction of sp³-hybridized carbons (Fsp3) is 0.172. The predicted molar refractivity (Wildman–Crippen MR) is 144 cm³/mol. The third-order valence-electron chi connectivity index (χ3n) is 6.11. The zero-order valence-electron chi connectivity index (χ0n) is 18.3. The molecule has 3 heteroatoms. The molecule has 0 radical (unpaired) electrons. The van der Waals surface area contributed by atoms with Crippen molar-refractivity contribution in [2.24, 2.45) is 0 Å². The van der Waals surface area contributed by atoms with Crippen molar-refractivity contribution in [1.82, 2.24) is 0 Å². The monoisotopic (exact) mass is 504 g/mol. The fourth-order valence-corrected chi connectivity index (χ4v) is 12.2. The number of benzene rings is 4. The van der Waals surface area contributed by atoms with Gasteiger partial charge in [-0.3, -0.25) is 0 Å². The van der Waals surface area contributed by atoms with Gasteiger partial charge in [0.1, 0.15) is 0 Å². The molecule has 0 aliphatic heterocycles. The van der Waals surface area contributed by atoms with Crippen molar-refractivity contribution in [1.29, 1.82) is 0 Å². The molecule has 4 aromatic carbocycles. The Bertz CT molecular complexity index is 986. The zero-order valence-corrected chi connectivity index (χ0v) is 20.8. The van der Waals surface area contributed by atoms with Crippen molar-refractivity contribution in [2.45, 2.75) is 19.4 Å². The third kappa shape index (κ3) is 4.74. The summed E-state index contributed by atoms with van der Waals surface area (Å²) in [4.78, 5) is 0. The predicted octanol–water partition coefficient (Wildman–Crippen LogP) is 6.82. The number of rotatable bonds is 10. The SMILES string of the molecule is BrP(CCCCOCc1ccccc1)(c1ccccc1)(c1ccccc1)c1ccccc1. The number of hydrogen-bond acceptors (Lipinski definition) is 1. The summed E-state index contributed by atoms with van der Waals surface area (Å²) in [6.45, 7) is 1.45. The topological polar surface area (TPSA) is 9.23 Å². The summed E-state index contributed by atoms with van der Waals surface area (Å²) in [5.41, 5.74) is 1.23. The van der Waals surface area contributed by atoms with Crippen LogP contribution in [0.5, 0.6) is 0 Å². The van der Waals surface area contributed by atoms with E-state index in [1.165, 1.54) is 21.5 Å². The minimum absolute atomic E-state index is 0.675. The van der Waals surface area contributed by atoms with Gasteiger partial charge in [-0.2, -0.15) is 0 Å². The van der Waals surface area contributed by atoms with Crippen LogP contribution in [0.25, 0.3) is 0 Å². The van der Waals surface area contributed by atoms with Crippen molar-refractivity contribution in [3.63, 3.8) is 0 Å². The second kappa shape index (κ2) is 10.6. The summed E-state index contributed by atoms with van der Waals surface area (Å²) in [7, 11) is 0. The maximum absolute atomic E-state index is 5.98. The first-order chi connectivity index (χ1) is 15.7. The molecule has 0 aliphatic rings. The zero-order chi connectivity index (χ0) is 22.1. The molecule has 0 atom stereocenters. The number of ether oxygens (including phenoxy) is 1. The second-order valence-electron chi connectivity index (χ2n) is 8.16. The normalized spacial score (nSPS) is 12.7. The summed E-state index contributed by atoms with van der Waals surface area (Å²) >= 11 is 4.51. The molecule has 0 unspecified atom stereocenters. The van der Waals surface area contributed by atoms with E-state index in [1.54, 1.807) is 0 Å². The van der Waals surface area contributed by atoms with Crippen molar-refractivity contribution < 1.29 is 4.74 Å². The molecular formula is C29H30BrOP. The molecule has 0 aromatic heterocycles. The van der Waals surface area contributed by atoms with E-state index in [0.29, 0.717) is 6.61 Å². The molecule has 0 spiro atoms. The molecule has 0 N–H and O–H groups in total. The van der Waals surface area contributed by atoms with E-state index in [0.717, 1.165) is 25.6 Å². The van der Waals surface area contributed by atoms with Crippen LogP contribution in [-0.4, -0.2) is 12.8 Å². The Morgan fingerprint density at radius 1 is 0.531 bits per heavy atom. The quantitative estimate of drug-likeness (QED) is 0.170. The van der Waals surface area contributed by atoms with E-state index in [4.69, 9.17) is 4.74 Å². The van der Waals surface area contributed by atoms with Crippen molar-refractivity contribution in [3.8, 4) is 0 Å². The Morgan fingerprint density at radius 3 is 1.38 bits per heavy atom. The Kier molecular flexibility index (Phi) is 7.58. The molecule has 0 fully saturated rings. The van der Waals surface area contributed by atoms with E-state index in [1.807, 2.05) is 6.07 Å². The van der Waals surface area contributed by atoms with Crippen LogP contribution in [-0.2, 0) is 11.3 Å². The number of hydrogen-bond donors (Lipinski definition) is 0. The van der Waals surface area contributed by atoms with Gasteiger partial charge < -0.3 is 0 Å². The molecule has 0 aliphatic carbocycles. The Labute approximate surface area is 200 Å². The molecule has 4 aromatic rings. The van der Waals surface area contributed by atoms with Gasteiger partial charge in [0, 0.05) is 0 Å². The molecule has 0 bridgehead atoms. The molecular weight excluding hydrogens is 475 g/mol. The number of halogens is 1. The van der Waals surface area contributed by atoms with E-state index < -0.39 is 5.31 Å². The standard InChI is InChI=1S/C29H30BrOP/c30-32(27-17-7-2-8-18-27,28-19-9-3-10-20-28,29-21-11-4-12-22-29)24-14-13-23-31-25-26-15-5-1-6-16-26/h1-12,15-22H,13-14,23-25H2. The van der Waals surface area contributed by atoms with Crippen molar-refractivity contribution in [3.05, 3.63) is 127 Å². The second-order valence-corrected chi connectivity index (χ2v) is 17.2. The summed E-state index contributed by atoms with van der Waals surface area (Å²) in [6.07, 6.45) is 3.16. The van der Waals surface area contributed by atoms with Gasteiger partial charge in [-0.25, -0.2) is 0 Å². The van der Waals surface area contributed by atoms with Crippen LogP contribution in [0.3, 0.4) is 0 Å². The summed E-state index contributed by atoms with van der Waals surface area (Å²) in [5.74, 6) is 0. The molecule has 0 heterocycles. The average molecular weight is 505 g/mol. The summed E-state index contributed by atoms with van der Waals surface area (Å²) < 4.78 is 5.98. The molecule has 1 nitrogen and oxygen atoms in total. The Balaban J connectivity index is 1.61. The van der Waals surface area contributed by atoms with Crippen LogP contribution >= 0.6 is 20.8 Å². The van der Waals surface area contributed by atoms with E-state index in [9.17, 15) is 0 Å². The van der Waals surface area contributed by atoms with Gasteiger partial charge >= 0.3 is 201 Å². The molecule has 32 heavy (non-hydrogen) atoms. The van der Waals surface area contributed by atoms with E-state index in [2.05, 4.69) is 131 Å². The maximum atomic E-state index is 5.98. The number of unbranched alkanes of at least 4 members (excludes halogenated alkanes) is 1. The molecule has 4 rings (SSSR count). The van der Waals surface area contributed by atoms with Crippen LogP contribution in [0.2, 0.25) is 0 Å². The Morgan fingerprint density at radius 2 is 0.938 bits per heavy atom. The van der Waals surface area contributed by atoms with Crippen LogP contribution in [0.1, 0.15) is 18.4 Å². The van der Waals surface area contributed by atoms with E-state index >= 15 is 0 Å². The van der Waals surface area contributed by atoms with Crippen molar-refractivity contribution >= 4 is 36.7 Å².